The summed E-state index contributed by atoms with van der Waals surface area (Å²) < 4.78 is 36.1. The van der Waals surface area contributed by atoms with Crippen molar-refractivity contribution >= 4 is 33.3 Å². The number of anilines is 1. The van der Waals surface area contributed by atoms with Crippen molar-refractivity contribution in [3.05, 3.63) is 58.6 Å². The average molecular weight is 465 g/mol. The van der Waals surface area contributed by atoms with Gasteiger partial charge in [0.25, 0.3) is 5.91 Å². The van der Waals surface area contributed by atoms with Crippen LogP contribution in [0.2, 0.25) is 0 Å². The van der Waals surface area contributed by atoms with Crippen LogP contribution in [0.1, 0.15) is 13.8 Å². The Balaban J connectivity index is 1.85. The van der Waals surface area contributed by atoms with Gasteiger partial charge in [0.05, 0.1) is 9.82 Å². The predicted molar refractivity (Wildman–Crippen MR) is 115 cm³/mol. The third-order valence-electron chi connectivity index (χ3n) is 4.25. The minimum absolute atomic E-state index is 0.0952. The third kappa shape index (κ3) is 6.49. The smallest absolute Gasteiger partial charge is 0.344 e. The molecule has 0 aliphatic rings. The molecule has 1 amide bonds. The van der Waals surface area contributed by atoms with E-state index >= 15 is 0 Å². The second-order valence-corrected chi connectivity index (χ2v) is 8.27. The maximum Gasteiger partial charge on any atom is 0.344 e. The van der Waals surface area contributed by atoms with Crippen molar-refractivity contribution in [2.45, 2.75) is 18.7 Å². The van der Waals surface area contributed by atoms with Gasteiger partial charge in [-0.3, -0.25) is 14.9 Å². The minimum atomic E-state index is -3.61. The normalized spacial score (nSPS) is 11.1. The van der Waals surface area contributed by atoms with E-state index < -0.39 is 40.0 Å². The lowest BCUT2D eigenvalue weighted by molar-refractivity contribution is -0.385. The number of benzene rings is 2. The lowest BCUT2D eigenvalue weighted by Crippen LogP contribution is -2.30. The molecule has 1 N–H and O–H groups in total. The molecule has 0 spiro atoms. The molecular formula is C20H23N3O8S. The van der Waals surface area contributed by atoms with E-state index in [1.807, 2.05) is 0 Å². The monoisotopic (exact) mass is 465 g/mol. The molecule has 0 unspecified atom stereocenters. The largest absolute Gasteiger partial charge is 0.475 e. The van der Waals surface area contributed by atoms with E-state index in [-0.39, 0.29) is 16.3 Å². The summed E-state index contributed by atoms with van der Waals surface area (Å²) in [5.41, 5.74) is 0.0187. The summed E-state index contributed by atoms with van der Waals surface area (Å²) in [5, 5.41) is 13.4. The lowest BCUT2D eigenvalue weighted by Gasteiger charge is -2.18. The second-order valence-electron chi connectivity index (χ2n) is 6.34. The molecule has 0 saturated carbocycles. The van der Waals surface area contributed by atoms with Gasteiger partial charge in [-0.05, 0) is 30.3 Å². The van der Waals surface area contributed by atoms with Crippen molar-refractivity contribution in [3.8, 4) is 5.75 Å². The van der Waals surface area contributed by atoms with Crippen LogP contribution in [0.25, 0.3) is 0 Å². The maximum absolute atomic E-state index is 12.5. The summed E-state index contributed by atoms with van der Waals surface area (Å²) in [7, 11) is -3.61. The fraction of sp³-hybridized carbons (Fsp3) is 0.300. The first-order chi connectivity index (χ1) is 15.2. The molecule has 11 nitrogen and oxygen atoms in total. The molecule has 0 heterocycles. The highest BCUT2D eigenvalue weighted by Gasteiger charge is 2.21. The van der Waals surface area contributed by atoms with Crippen molar-refractivity contribution in [2.24, 2.45) is 0 Å². The van der Waals surface area contributed by atoms with Crippen LogP contribution in [-0.2, 0) is 24.3 Å². The molecule has 2 aromatic rings. The Bertz CT molecular complexity index is 1070. The molecule has 12 heteroatoms. The molecule has 172 valence electrons. The molecule has 0 aromatic heterocycles. The molecule has 0 radical (unpaired) electrons. The van der Waals surface area contributed by atoms with Gasteiger partial charge < -0.3 is 14.8 Å². The molecule has 0 fully saturated rings. The molecule has 32 heavy (non-hydrogen) atoms. The zero-order valence-electron chi connectivity index (χ0n) is 17.5. The molecule has 2 aromatic carbocycles. The van der Waals surface area contributed by atoms with Crippen molar-refractivity contribution in [3.63, 3.8) is 0 Å². The van der Waals surface area contributed by atoms with Crippen molar-refractivity contribution in [2.75, 3.05) is 31.6 Å². The van der Waals surface area contributed by atoms with Gasteiger partial charge in [0.15, 0.2) is 19.0 Å². The number of hydrogen-bond donors (Lipinski definition) is 1. The number of nitro benzene ring substituents is 1. The molecular weight excluding hydrogens is 442 g/mol. The van der Waals surface area contributed by atoms with Gasteiger partial charge in [-0.15, -0.1) is 0 Å². The summed E-state index contributed by atoms with van der Waals surface area (Å²) in [6, 6.07) is 11.1. The average Bonchev–Trinajstić information content (AvgIpc) is 2.77. The van der Waals surface area contributed by atoms with Crippen LogP contribution in [-0.4, -0.2) is 55.8 Å². The minimum Gasteiger partial charge on any atom is -0.475 e. The number of nitro groups is 1. The van der Waals surface area contributed by atoms with Gasteiger partial charge in [-0.2, -0.15) is 4.31 Å². The Morgan fingerprint density at radius 2 is 1.66 bits per heavy atom. The predicted octanol–water partition coefficient (Wildman–Crippen LogP) is 2.19. The number of esters is 1. The number of carbonyl (C=O) groups is 2. The van der Waals surface area contributed by atoms with Gasteiger partial charge in [-0.1, -0.05) is 26.0 Å². The summed E-state index contributed by atoms with van der Waals surface area (Å²) in [5.74, 6) is -1.64. The first-order valence-corrected chi connectivity index (χ1v) is 11.0. The van der Waals surface area contributed by atoms with Crippen LogP contribution in [0.3, 0.4) is 0 Å². The maximum atomic E-state index is 12.5. The van der Waals surface area contributed by atoms with Crippen LogP contribution in [0.5, 0.6) is 5.75 Å². The number of hydrogen-bond acceptors (Lipinski definition) is 8. The highest BCUT2D eigenvalue weighted by Crippen LogP contribution is 2.25. The summed E-state index contributed by atoms with van der Waals surface area (Å²) in [6.45, 7) is 2.93. The van der Waals surface area contributed by atoms with Gasteiger partial charge in [0.2, 0.25) is 10.0 Å². The number of sulfonamides is 1. The molecule has 0 bridgehead atoms. The van der Waals surface area contributed by atoms with E-state index in [4.69, 9.17) is 9.47 Å². The van der Waals surface area contributed by atoms with Crippen LogP contribution in [0.15, 0.2) is 53.4 Å². The Labute approximate surface area is 185 Å². The number of rotatable bonds is 11. The lowest BCUT2D eigenvalue weighted by atomic mass is 10.3. The Kier molecular flexibility index (Phi) is 8.67. The van der Waals surface area contributed by atoms with E-state index in [0.29, 0.717) is 18.8 Å². The SMILES string of the molecule is CCN(CC)S(=O)(=O)c1ccc(NC(=O)COC(=O)COc2ccccc2[N+](=O)[O-])cc1. The topological polar surface area (TPSA) is 145 Å². The molecule has 0 atom stereocenters. The number of amides is 1. The van der Waals surface area contributed by atoms with Gasteiger partial charge >= 0.3 is 11.7 Å². The highest BCUT2D eigenvalue weighted by atomic mass is 32.2. The van der Waals surface area contributed by atoms with E-state index in [1.165, 1.54) is 52.8 Å². The zero-order valence-corrected chi connectivity index (χ0v) is 18.3. The van der Waals surface area contributed by atoms with E-state index in [9.17, 15) is 28.1 Å². The summed E-state index contributed by atoms with van der Waals surface area (Å²) >= 11 is 0. The molecule has 2 rings (SSSR count). The number of ether oxygens (including phenoxy) is 2. The van der Waals surface area contributed by atoms with Crippen LogP contribution >= 0.6 is 0 Å². The Hall–Kier alpha value is -3.51. The number of nitrogens with zero attached hydrogens (tertiary/aromatic N) is 2. The Morgan fingerprint density at radius 3 is 2.25 bits per heavy atom. The van der Waals surface area contributed by atoms with E-state index in [2.05, 4.69) is 5.32 Å². The molecule has 0 aliphatic carbocycles. The van der Waals surface area contributed by atoms with Gasteiger partial charge in [0.1, 0.15) is 0 Å². The molecule has 0 saturated heterocycles. The third-order valence-corrected chi connectivity index (χ3v) is 6.32. The van der Waals surface area contributed by atoms with E-state index in [1.54, 1.807) is 13.8 Å². The second kappa shape index (κ2) is 11.2. The quantitative estimate of drug-likeness (QED) is 0.302. The van der Waals surface area contributed by atoms with Gasteiger partial charge in [-0.25, -0.2) is 13.2 Å². The number of nitrogens with one attached hydrogen (secondary N) is 1. The summed E-state index contributed by atoms with van der Waals surface area (Å²) in [6.07, 6.45) is 0. The van der Waals surface area contributed by atoms with Gasteiger partial charge in [0, 0.05) is 24.8 Å². The fourth-order valence-electron chi connectivity index (χ4n) is 2.67. The van der Waals surface area contributed by atoms with Crippen molar-refractivity contribution in [1.29, 1.82) is 0 Å². The number of para-hydroxylation sites is 2. The Morgan fingerprint density at radius 1 is 1.03 bits per heavy atom. The standard InChI is InChI=1S/C20H23N3O8S/c1-3-22(4-2)32(28,29)16-11-9-15(10-12-16)21-19(24)13-31-20(25)14-30-18-8-6-5-7-17(18)23(26)27/h5-12H,3-4,13-14H2,1-2H3,(H,21,24). The van der Waals surface area contributed by atoms with Crippen LogP contribution in [0, 0.1) is 10.1 Å². The molecule has 0 aliphatic heterocycles. The van der Waals surface area contributed by atoms with Crippen LogP contribution in [0.4, 0.5) is 11.4 Å². The van der Waals surface area contributed by atoms with Crippen LogP contribution < -0.4 is 10.1 Å². The first kappa shape index (κ1) is 24.8. The fourth-order valence-corrected chi connectivity index (χ4v) is 4.13. The van der Waals surface area contributed by atoms with Crippen molar-refractivity contribution in [1.82, 2.24) is 4.31 Å². The highest BCUT2D eigenvalue weighted by molar-refractivity contribution is 7.89. The van der Waals surface area contributed by atoms with E-state index in [0.717, 1.165) is 0 Å². The zero-order chi connectivity index (χ0) is 23.7. The number of carbonyl (C=O) groups excluding carboxylic acids is 2. The summed E-state index contributed by atoms with van der Waals surface area (Å²) in [4.78, 5) is 34.1. The first-order valence-electron chi connectivity index (χ1n) is 9.61. The van der Waals surface area contributed by atoms with Crippen molar-refractivity contribution < 1.29 is 32.4 Å².